The van der Waals surface area contributed by atoms with E-state index in [0.29, 0.717) is 37.4 Å². The molecule has 1 amide bonds. The Hall–Kier alpha value is -5.08. The Morgan fingerprint density at radius 2 is 1.75 bits per heavy atom. The smallest absolute Gasteiger partial charge is 0.269 e. The number of hydrogen-bond acceptors (Lipinski definition) is 8. The van der Waals surface area contributed by atoms with E-state index in [1.807, 2.05) is 9.80 Å². The van der Waals surface area contributed by atoms with E-state index in [2.05, 4.69) is 15.4 Å². The molecule has 0 saturated carbocycles. The second-order valence-corrected chi connectivity index (χ2v) is 10.3. The Balaban J connectivity index is 1.19. The first-order valence-corrected chi connectivity index (χ1v) is 13.6. The molecule has 11 nitrogen and oxygen atoms in total. The van der Waals surface area contributed by atoms with Crippen molar-refractivity contribution in [2.75, 3.05) is 42.9 Å². The third-order valence-electron chi connectivity index (χ3n) is 7.27. The van der Waals surface area contributed by atoms with Gasteiger partial charge in [0.25, 0.3) is 5.69 Å². The first kappa shape index (κ1) is 30.4. The van der Waals surface area contributed by atoms with E-state index in [9.17, 15) is 28.8 Å². The summed E-state index contributed by atoms with van der Waals surface area (Å²) >= 11 is 0. The number of aromatic nitrogens is 3. The minimum absolute atomic E-state index is 0.0180. The second kappa shape index (κ2) is 13.1. The largest absolute Gasteiger partial charge is 0.382 e. The maximum Gasteiger partial charge on any atom is 0.269 e. The number of nitro benzene ring substituents is 1. The van der Waals surface area contributed by atoms with Gasteiger partial charge in [-0.3, -0.25) is 19.8 Å². The van der Waals surface area contributed by atoms with E-state index in [-0.39, 0.29) is 30.0 Å². The van der Waals surface area contributed by atoms with Crippen molar-refractivity contribution in [3.05, 3.63) is 118 Å². The SMILES string of the molecule is O=C(/C=C/c1ccc([N+](=O)[O-])cc1)Nc1ccc(N2CCN(CC(O)(Cn3cncn3)c3ccc(F)cc3F)CC2)c(F)c1. The molecule has 1 aliphatic heterocycles. The summed E-state index contributed by atoms with van der Waals surface area (Å²) in [5.74, 6) is -2.66. The van der Waals surface area contributed by atoms with E-state index >= 15 is 4.39 Å². The van der Waals surface area contributed by atoms with Crippen LogP contribution in [0.2, 0.25) is 0 Å². The molecule has 1 unspecified atom stereocenters. The molecule has 5 rings (SSSR count). The highest BCUT2D eigenvalue weighted by Crippen LogP contribution is 2.29. The van der Waals surface area contributed by atoms with Crippen molar-refractivity contribution >= 4 is 29.0 Å². The molecular weight excluding hydrogens is 579 g/mol. The summed E-state index contributed by atoms with van der Waals surface area (Å²) in [6.07, 6.45) is 5.42. The van der Waals surface area contributed by atoms with Crippen LogP contribution in [-0.2, 0) is 16.9 Å². The number of halogens is 3. The van der Waals surface area contributed by atoms with Crippen LogP contribution in [0.1, 0.15) is 11.1 Å². The number of nitrogens with one attached hydrogen (secondary N) is 1. The lowest BCUT2D eigenvalue weighted by Gasteiger charge is -2.40. The van der Waals surface area contributed by atoms with Crippen molar-refractivity contribution in [1.29, 1.82) is 0 Å². The number of amides is 1. The van der Waals surface area contributed by atoms with E-state index in [4.69, 9.17) is 0 Å². The molecule has 1 fully saturated rings. The van der Waals surface area contributed by atoms with Crippen molar-refractivity contribution < 1.29 is 28.0 Å². The van der Waals surface area contributed by atoms with Crippen LogP contribution in [0.25, 0.3) is 6.08 Å². The van der Waals surface area contributed by atoms with Crippen molar-refractivity contribution in [2.24, 2.45) is 0 Å². The molecule has 0 radical (unpaired) electrons. The fraction of sp³-hybridized carbons (Fsp3) is 0.233. The van der Waals surface area contributed by atoms with Crippen LogP contribution < -0.4 is 10.2 Å². The molecule has 228 valence electrons. The minimum Gasteiger partial charge on any atom is -0.382 e. The van der Waals surface area contributed by atoms with E-state index in [1.165, 1.54) is 65.9 Å². The number of carbonyl (C=O) groups is 1. The van der Waals surface area contributed by atoms with Crippen LogP contribution >= 0.6 is 0 Å². The highest BCUT2D eigenvalue weighted by molar-refractivity contribution is 6.02. The van der Waals surface area contributed by atoms with Gasteiger partial charge in [-0.25, -0.2) is 22.8 Å². The number of β-amino-alcohol motifs (C(OH)–C–C–N with tert-alkyl or cyclic N) is 1. The predicted molar refractivity (Wildman–Crippen MR) is 156 cm³/mol. The van der Waals surface area contributed by atoms with Gasteiger partial charge in [0, 0.05) is 68.2 Å². The summed E-state index contributed by atoms with van der Waals surface area (Å²) in [6, 6.07) is 13.1. The Morgan fingerprint density at radius 1 is 1.00 bits per heavy atom. The van der Waals surface area contributed by atoms with Gasteiger partial charge in [-0.1, -0.05) is 6.07 Å². The van der Waals surface area contributed by atoms with E-state index in [1.54, 1.807) is 12.1 Å². The first-order valence-electron chi connectivity index (χ1n) is 13.6. The average molecular weight is 608 g/mol. The highest BCUT2D eigenvalue weighted by atomic mass is 19.1. The summed E-state index contributed by atoms with van der Waals surface area (Å²) in [7, 11) is 0. The van der Waals surface area contributed by atoms with Gasteiger partial charge >= 0.3 is 0 Å². The lowest BCUT2D eigenvalue weighted by Crippen LogP contribution is -2.52. The number of hydrogen-bond donors (Lipinski definition) is 2. The average Bonchev–Trinajstić information content (AvgIpc) is 3.49. The zero-order chi connectivity index (χ0) is 31.3. The van der Waals surface area contributed by atoms with Crippen LogP contribution in [0.3, 0.4) is 0 Å². The third-order valence-corrected chi connectivity index (χ3v) is 7.27. The van der Waals surface area contributed by atoms with Gasteiger partial charge < -0.3 is 15.3 Å². The molecule has 44 heavy (non-hydrogen) atoms. The second-order valence-electron chi connectivity index (χ2n) is 10.3. The fourth-order valence-corrected chi connectivity index (χ4v) is 5.09. The molecular formula is C30H28F3N7O4. The predicted octanol–water partition coefficient (Wildman–Crippen LogP) is 3.97. The van der Waals surface area contributed by atoms with Gasteiger partial charge in [0.1, 0.15) is 35.7 Å². The number of non-ortho nitro benzene ring substituents is 1. The number of benzene rings is 3. The molecule has 1 aliphatic rings. The van der Waals surface area contributed by atoms with E-state index in [0.717, 1.165) is 12.1 Å². The highest BCUT2D eigenvalue weighted by Gasteiger charge is 2.36. The summed E-state index contributed by atoms with van der Waals surface area (Å²) in [5.41, 5.74) is -0.692. The Bertz CT molecular complexity index is 1660. The molecule has 3 aromatic carbocycles. The molecule has 1 aromatic heterocycles. The normalized spacial score (nSPS) is 15.3. The number of nitrogens with zero attached hydrogens (tertiary/aromatic N) is 6. The summed E-state index contributed by atoms with van der Waals surface area (Å²) in [4.78, 5) is 30.2. The number of carbonyl (C=O) groups excluding carboxylic acids is 1. The zero-order valence-corrected chi connectivity index (χ0v) is 23.3. The van der Waals surface area contributed by atoms with Gasteiger partial charge in [0.2, 0.25) is 5.91 Å². The summed E-state index contributed by atoms with van der Waals surface area (Å²) in [5, 5.41) is 29.0. The van der Waals surface area contributed by atoms with E-state index < -0.39 is 33.9 Å². The minimum atomic E-state index is -1.74. The van der Waals surface area contributed by atoms with Gasteiger partial charge in [0.15, 0.2) is 0 Å². The van der Waals surface area contributed by atoms with Crippen LogP contribution in [0, 0.1) is 27.6 Å². The number of piperazine rings is 1. The molecule has 0 aliphatic carbocycles. The van der Waals surface area contributed by atoms with Crippen molar-refractivity contribution in [3.8, 4) is 0 Å². The van der Waals surface area contributed by atoms with Gasteiger partial charge in [-0.15, -0.1) is 0 Å². The molecule has 14 heteroatoms. The maximum atomic E-state index is 15.1. The van der Waals surface area contributed by atoms with Crippen molar-refractivity contribution in [3.63, 3.8) is 0 Å². The maximum absolute atomic E-state index is 15.1. The number of aliphatic hydroxyl groups is 1. The van der Waals surface area contributed by atoms with Gasteiger partial charge in [-0.05, 0) is 48.0 Å². The molecule has 2 N–H and O–H groups in total. The molecule has 4 aromatic rings. The number of anilines is 2. The monoisotopic (exact) mass is 607 g/mol. The molecule has 1 saturated heterocycles. The topological polar surface area (TPSA) is 130 Å². The quantitative estimate of drug-likeness (QED) is 0.158. The lowest BCUT2D eigenvalue weighted by atomic mass is 9.92. The number of rotatable bonds is 10. The first-order chi connectivity index (χ1) is 21.1. The fourth-order valence-electron chi connectivity index (χ4n) is 5.09. The summed E-state index contributed by atoms with van der Waals surface area (Å²) in [6.45, 7) is 1.57. The van der Waals surface area contributed by atoms with Gasteiger partial charge in [0.05, 0.1) is 17.2 Å². The third kappa shape index (κ3) is 7.27. The molecule has 1 atom stereocenters. The van der Waals surface area contributed by atoms with Crippen LogP contribution in [-0.4, -0.2) is 68.3 Å². The standard InChI is InChI=1S/C30H28F3N7O4/c31-22-4-8-25(26(32)15-22)30(42,18-39-20-34-19-35-39)17-37-11-13-38(14-12-37)28-9-5-23(16-27(28)33)36-29(41)10-3-21-1-6-24(7-2-21)40(43)44/h1-10,15-16,19-20,42H,11-14,17-18H2,(H,36,41)/b10-3+. The van der Waals surface area contributed by atoms with Crippen LogP contribution in [0.5, 0.6) is 0 Å². The lowest BCUT2D eigenvalue weighted by molar-refractivity contribution is -0.384. The van der Waals surface area contributed by atoms with Crippen LogP contribution in [0.4, 0.5) is 30.2 Å². The summed E-state index contributed by atoms with van der Waals surface area (Å²) < 4.78 is 44.8. The van der Waals surface area contributed by atoms with Crippen molar-refractivity contribution in [2.45, 2.75) is 12.1 Å². The zero-order valence-electron chi connectivity index (χ0n) is 23.3. The van der Waals surface area contributed by atoms with Crippen molar-refractivity contribution in [1.82, 2.24) is 19.7 Å². The van der Waals surface area contributed by atoms with Crippen LogP contribution in [0.15, 0.2) is 79.4 Å². The molecule has 2 heterocycles. The Labute approximate surface area is 250 Å². The van der Waals surface area contributed by atoms with Gasteiger partial charge in [-0.2, -0.15) is 5.10 Å². The Kier molecular flexibility index (Phi) is 9.01. The number of nitro groups is 1. The Morgan fingerprint density at radius 3 is 2.39 bits per heavy atom. The molecule has 0 bridgehead atoms. The molecule has 0 spiro atoms.